The molecular weight excluding hydrogens is 316 g/mol. The van der Waals surface area contributed by atoms with Crippen LogP contribution >= 0.6 is 15.9 Å². The minimum Gasteiger partial charge on any atom is -0.491 e. The lowest BCUT2D eigenvalue weighted by molar-refractivity contribution is 0.242. The molecule has 20 heavy (non-hydrogen) atoms. The molecule has 1 aromatic carbocycles. The maximum Gasteiger partial charge on any atom is 0.120 e. The number of nitrogens with two attached hydrogens (primary N) is 1. The molecule has 1 heterocycles. The Morgan fingerprint density at radius 3 is 2.70 bits per heavy atom. The minimum absolute atomic E-state index is 0.0839. The molecule has 3 nitrogen and oxygen atoms in total. The van der Waals surface area contributed by atoms with Gasteiger partial charge < -0.3 is 10.5 Å². The van der Waals surface area contributed by atoms with Gasteiger partial charge in [-0.3, -0.25) is 4.98 Å². The summed E-state index contributed by atoms with van der Waals surface area (Å²) in [6, 6.07) is 11.8. The van der Waals surface area contributed by atoms with Gasteiger partial charge in [0.25, 0.3) is 0 Å². The van der Waals surface area contributed by atoms with Gasteiger partial charge in [0.05, 0.1) is 6.10 Å². The molecule has 1 unspecified atom stereocenters. The number of hydrogen-bond acceptors (Lipinski definition) is 3. The molecule has 0 saturated carbocycles. The number of aromatic nitrogens is 1. The third-order valence-corrected chi connectivity index (χ3v) is 3.34. The zero-order valence-corrected chi connectivity index (χ0v) is 13.3. The molecule has 0 amide bonds. The first-order valence-electron chi connectivity index (χ1n) is 6.67. The van der Waals surface area contributed by atoms with Crippen LogP contribution in [0, 0.1) is 0 Å². The van der Waals surface area contributed by atoms with E-state index in [9.17, 15) is 0 Å². The maximum absolute atomic E-state index is 6.26. The van der Waals surface area contributed by atoms with E-state index in [0.29, 0.717) is 6.42 Å². The van der Waals surface area contributed by atoms with E-state index >= 15 is 0 Å². The highest BCUT2D eigenvalue weighted by molar-refractivity contribution is 9.10. The first-order chi connectivity index (χ1) is 9.54. The average molecular weight is 335 g/mol. The largest absolute Gasteiger partial charge is 0.491 e. The van der Waals surface area contributed by atoms with Crippen molar-refractivity contribution in [2.24, 2.45) is 5.73 Å². The van der Waals surface area contributed by atoms with Crippen molar-refractivity contribution in [3.05, 3.63) is 58.3 Å². The molecule has 0 radical (unpaired) electrons. The molecule has 0 aliphatic carbocycles. The van der Waals surface area contributed by atoms with Crippen molar-refractivity contribution in [2.75, 3.05) is 0 Å². The lowest BCUT2D eigenvalue weighted by Crippen LogP contribution is -2.14. The fraction of sp³-hybridized carbons (Fsp3) is 0.312. The Kier molecular flexibility index (Phi) is 5.15. The molecule has 4 heteroatoms. The van der Waals surface area contributed by atoms with E-state index in [1.54, 1.807) is 6.20 Å². The Hall–Kier alpha value is -1.39. The van der Waals surface area contributed by atoms with Crippen LogP contribution in [0.1, 0.15) is 31.1 Å². The molecular formula is C16H19BrN2O. The van der Waals surface area contributed by atoms with Gasteiger partial charge in [-0.2, -0.15) is 0 Å². The highest BCUT2D eigenvalue weighted by Gasteiger charge is 2.09. The number of pyridine rings is 1. The topological polar surface area (TPSA) is 48.1 Å². The van der Waals surface area contributed by atoms with Gasteiger partial charge in [-0.25, -0.2) is 0 Å². The maximum atomic E-state index is 6.26. The van der Waals surface area contributed by atoms with Crippen molar-refractivity contribution in [2.45, 2.75) is 32.4 Å². The van der Waals surface area contributed by atoms with E-state index in [0.717, 1.165) is 21.5 Å². The van der Waals surface area contributed by atoms with E-state index in [2.05, 4.69) is 20.9 Å². The minimum atomic E-state index is -0.0839. The van der Waals surface area contributed by atoms with Gasteiger partial charge >= 0.3 is 0 Å². The summed E-state index contributed by atoms with van der Waals surface area (Å²) >= 11 is 3.38. The third-order valence-electron chi connectivity index (χ3n) is 2.88. The van der Waals surface area contributed by atoms with Gasteiger partial charge in [-0.15, -0.1) is 0 Å². The third kappa shape index (κ3) is 4.32. The number of halogens is 1. The Labute approximate surface area is 128 Å². The van der Waals surface area contributed by atoms with E-state index in [4.69, 9.17) is 10.5 Å². The van der Waals surface area contributed by atoms with Crippen molar-refractivity contribution in [3.63, 3.8) is 0 Å². The van der Waals surface area contributed by atoms with Crippen LogP contribution in [0.3, 0.4) is 0 Å². The summed E-state index contributed by atoms with van der Waals surface area (Å²) in [5, 5.41) is 0. The predicted molar refractivity (Wildman–Crippen MR) is 84.8 cm³/mol. The number of rotatable bonds is 5. The Morgan fingerprint density at radius 1 is 1.25 bits per heavy atom. The van der Waals surface area contributed by atoms with Gasteiger partial charge in [-0.1, -0.05) is 12.1 Å². The average Bonchev–Trinajstić information content (AvgIpc) is 2.41. The standard InChI is InChI=1S/C16H19BrN2O/c1-11(2)20-15-5-3-4-12(8-15)16(18)9-14-7-6-13(17)10-19-14/h3-8,10-11,16H,9,18H2,1-2H3. The predicted octanol–water partition coefficient (Wildman–Crippen LogP) is 3.87. The number of hydrogen-bond donors (Lipinski definition) is 1. The molecule has 2 rings (SSSR count). The summed E-state index contributed by atoms with van der Waals surface area (Å²) in [6.45, 7) is 4.02. The molecule has 1 atom stereocenters. The first-order valence-corrected chi connectivity index (χ1v) is 7.46. The fourth-order valence-corrected chi connectivity index (χ4v) is 2.20. The van der Waals surface area contributed by atoms with Crippen LogP contribution in [-0.4, -0.2) is 11.1 Å². The summed E-state index contributed by atoms with van der Waals surface area (Å²) in [7, 11) is 0. The summed E-state index contributed by atoms with van der Waals surface area (Å²) in [4.78, 5) is 4.36. The van der Waals surface area contributed by atoms with Crippen LogP contribution in [0.5, 0.6) is 5.75 Å². The molecule has 2 aromatic rings. The summed E-state index contributed by atoms with van der Waals surface area (Å²) in [6.07, 6.45) is 2.66. The summed E-state index contributed by atoms with van der Waals surface area (Å²) < 4.78 is 6.67. The molecule has 1 aromatic heterocycles. The fourth-order valence-electron chi connectivity index (χ4n) is 1.96. The zero-order valence-electron chi connectivity index (χ0n) is 11.7. The number of nitrogens with zero attached hydrogens (tertiary/aromatic N) is 1. The molecule has 0 saturated heterocycles. The zero-order chi connectivity index (χ0) is 14.5. The van der Waals surface area contributed by atoms with Crippen molar-refractivity contribution in [1.29, 1.82) is 0 Å². The van der Waals surface area contributed by atoms with Crippen LogP contribution in [0.2, 0.25) is 0 Å². The van der Waals surface area contributed by atoms with E-state index in [1.807, 2.05) is 50.2 Å². The van der Waals surface area contributed by atoms with Crippen molar-refractivity contribution in [1.82, 2.24) is 4.98 Å². The Morgan fingerprint density at radius 2 is 2.05 bits per heavy atom. The highest BCUT2D eigenvalue weighted by atomic mass is 79.9. The van der Waals surface area contributed by atoms with Gasteiger partial charge in [0.1, 0.15) is 5.75 Å². The van der Waals surface area contributed by atoms with Crippen molar-refractivity contribution < 1.29 is 4.74 Å². The van der Waals surface area contributed by atoms with Gasteiger partial charge in [0, 0.05) is 28.8 Å². The number of ether oxygens (including phenoxy) is 1. The molecule has 0 spiro atoms. The lowest BCUT2D eigenvalue weighted by Gasteiger charge is -2.15. The van der Waals surface area contributed by atoms with E-state index < -0.39 is 0 Å². The first kappa shape index (κ1) is 15.0. The number of benzene rings is 1. The smallest absolute Gasteiger partial charge is 0.120 e. The monoisotopic (exact) mass is 334 g/mol. The second-order valence-corrected chi connectivity index (χ2v) is 5.93. The highest BCUT2D eigenvalue weighted by Crippen LogP contribution is 2.21. The van der Waals surface area contributed by atoms with Crippen LogP contribution in [-0.2, 0) is 6.42 Å². The molecule has 0 aliphatic rings. The summed E-state index contributed by atoms with van der Waals surface area (Å²) in [5.74, 6) is 0.858. The molecule has 106 valence electrons. The van der Waals surface area contributed by atoms with Gasteiger partial charge in [-0.05, 0) is 59.6 Å². The molecule has 2 N–H and O–H groups in total. The Balaban J connectivity index is 2.08. The molecule has 0 bridgehead atoms. The quantitative estimate of drug-likeness (QED) is 0.902. The molecule has 0 aliphatic heterocycles. The normalized spacial score (nSPS) is 12.4. The van der Waals surface area contributed by atoms with Crippen LogP contribution in [0.15, 0.2) is 47.1 Å². The van der Waals surface area contributed by atoms with Gasteiger partial charge in [0.2, 0.25) is 0 Å². The van der Waals surface area contributed by atoms with Crippen LogP contribution in [0.4, 0.5) is 0 Å². The second-order valence-electron chi connectivity index (χ2n) is 5.02. The second kappa shape index (κ2) is 6.86. The van der Waals surface area contributed by atoms with E-state index in [-0.39, 0.29) is 12.1 Å². The summed E-state index contributed by atoms with van der Waals surface area (Å²) in [5.41, 5.74) is 8.30. The van der Waals surface area contributed by atoms with Crippen LogP contribution < -0.4 is 10.5 Å². The van der Waals surface area contributed by atoms with Crippen molar-refractivity contribution >= 4 is 15.9 Å². The van der Waals surface area contributed by atoms with Crippen molar-refractivity contribution in [3.8, 4) is 5.75 Å². The Bertz CT molecular complexity index is 555. The molecule has 0 fully saturated rings. The SMILES string of the molecule is CC(C)Oc1cccc(C(N)Cc2ccc(Br)cn2)c1. The van der Waals surface area contributed by atoms with Crippen LogP contribution in [0.25, 0.3) is 0 Å². The van der Waals surface area contributed by atoms with Gasteiger partial charge in [0.15, 0.2) is 0 Å². The van der Waals surface area contributed by atoms with E-state index in [1.165, 1.54) is 0 Å². The lowest BCUT2D eigenvalue weighted by atomic mass is 10.0.